The van der Waals surface area contributed by atoms with Crippen molar-refractivity contribution in [3.8, 4) is 11.4 Å². The van der Waals surface area contributed by atoms with Crippen LogP contribution in [0, 0.1) is 4.77 Å². The molecule has 2 aromatic heterocycles. The molecule has 0 radical (unpaired) electrons. The van der Waals surface area contributed by atoms with Crippen molar-refractivity contribution in [1.29, 1.82) is 0 Å². The van der Waals surface area contributed by atoms with Crippen molar-refractivity contribution < 1.29 is 9.21 Å². The quantitative estimate of drug-likeness (QED) is 0.415. The number of carbonyl (C=O) groups is 1. The van der Waals surface area contributed by atoms with Crippen molar-refractivity contribution in [2.24, 2.45) is 7.05 Å². The summed E-state index contributed by atoms with van der Waals surface area (Å²) in [6, 6.07) is 17.0. The van der Waals surface area contributed by atoms with Crippen LogP contribution >= 0.6 is 23.8 Å². The SMILES string of the molecule is Cn1c(-c2ccc(Cl)cc2)nn(CN2CCN(C(=O)c3cc4ccccc4o3)CC2)c1=S. The van der Waals surface area contributed by atoms with E-state index in [0.29, 0.717) is 35.3 Å². The molecule has 3 heterocycles. The third-order valence-electron chi connectivity index (χ3n) is 5.77. The highest BCUT2D eigenvalue weighted by atomic mass is 35.5. The molecule has 1 aliphatic heterocycles. The van der Waals surface area contributed by atoms with Crippen molar-refractivity contribution in [3.63, 3.8) is 0 Å². The van der Waals surface area contributed by atoms with Crippen LogP contribution in [0.15, 0.2) is 59.0 Å². The van der Waals surface area contributed by atoms with Crippen LogP contribution in [0.5, 0.6) is 0 Å². The largest absolute Gasteiger partial charge is 0.451 e. The number of hydrogen-bond donors (Lipinski definition) is 0. The summed E-state index contributed by atoms with van der Waals surface area (Å²) in [6.07, 6.45) is 0. The molecule has 32 heavy (non-hydrogen) atoms. The number of amides is 1. The fourth-order valence-electron chi connectivity index (χ4n) is 3.96. The van der Waals surface area contributed by atoms with Crippen molar-refractivity contribution in [2.45, 2.75) is 6.67 Å². The van der Waals surface area contributed by atoms with Gasteiger partial charge >= 0.3 is 0 Å². The summed E-state index contributed by atoms with van der Waals surface area (Å²) < 4.78 is 10.1. The van der Waals surface area contributed by atoms with E-state index in [0.717, 1.165) is 35.4 Å². The molecule has 4 aromatic rings. The molecule has 2 aromatic carbocycles. The van der Waals surface area contributed by atoms with Crippen molar-refractivity contribution in [2.75, 3.05) is 26.2 Å². The maximum Gasteiger partial charge on any atom is 0.289 e. The molecule has 0 bridgehead atoms. The number of rotatable bonds is 4. The van der Waals surface area contributed by atoms with E-state index in [2.05, 4.69) is 4.90 Å². The van der Waals surface area contributed by atoms with Gasteiger partial charge in [0, 0.05) is 49.2 Å². The molecule has 0 atom stereocenters. The summed E-state index contributed by atoms with van der Waals surface area (Å²) in [7, 11) is 1.92. The zero-order valence-corrected chi connectivity index (χ0v) is 19.1. The molecular weight excluding hydrogens is 446 g/mol. The monoisotopic (exact) mass is 467 g/mol. The highest BCUT2D eigenvalue weighted by Gasteiger charge is 2.25. The van der Waals surface area contributed by atoms with Crippen LogP contribution in [0.25, 0.3) is 22.4 Å². The molecule has 1 amide bonds. The lowest BCUT2D eigenvalue weighted by molar-refractivity contribution is 0.0558. The highest BCUT2D eigenvalue weighted by molar-refractivity contribution is 7.71. The summed E-state index contributed by atoms with van der Waals surface area (Å²) in [5.41, 5.74) is 1.69. The predicted molar refractivity (Wildman–Crippen MR) is 126 cm³/mol. The number of carbonyl (C=O) groups excluding carboxylic acids is 1. The van der Waals surface area contributed by atoms with E-state index in [-0.39, 0.29) is 5.91 Å². The molecule has 0 spiro atoms. The van der Waals surface area contributed by atoms with Gasteiger partial charge in [0.15, 0.2) is 16.4 Å². The molecular formula is C23H22ClN5O2S. The molecule has 0 unspecified atom stereocenters. The minimum Gasteiger partial charge on any atom is -0.451 e. The molecule has 1 aliphatic rings. The topological polar surface area (TPSA) is 59.4 Å². The van der Waals surface area contributed by atoms with Gasteiger partial charge in [0.05, 0.1) is 6.67 Å². The fraction of sp³-hybridized carbons (Fsp3) is 0.261. The van der Waals surface area contributed by atoms with E-state index < -0.39 is 0 Å². The smallest absolute Gasteiger partial charge is 0.289 e. The van der Waals surface area contributed by atoms with Crippen molar-refractivity contribution >= 4 is 40.7 Å². The number of aromatic nitrogens is 3. The normalized spacial score (nSPS) is 14.9. The Hall–Kier alpha value is -2.94. The van der Waals surface area contributed by atoms with Crippen LogP contribution in [0.2, 0.25) is 5.02 Å². The lowest BCUT2D eigenvalue weighted by Gasteiger charge is -2.33. The number of hydrogen-bond acceptors (Lipinski definition) is 5. The number of benzene rings is 2. The van der Waals surface area contributed by atoms with E-state index in [1.165, 1.54) is 0 Å². The fourth-order valence-corrected chi connectivity index (χ4v) is 4.27. The van der Waals surface area contributed by atoms with Crippen LogP contribution < -0.4 is 0 Å². The Morgan fingerprint density at radius 1 is 1.09 bits per heavy atom. The summed E-state index contributed by atoms with van der Waals surface area (Å²) in [5, 5.41) is 6.35. The molecule has 5 rings (SSSR count). The van der Waals surface area contributed by atoms with Gasteiger partial charge in [-0.1, -0.05) is 29.8 Å². The molecule has 0 aliphatic carbocycles. The molecule has 1 saturated heterocycles. The maximum atomic E-state index is 12.9. The third-order valence-corrected chi connectivity index (χ3v) is 6.51. The molecule has 1 fully saturated rings. The van der Waals surface area contributed by atoms with Gasteiger partial charge in [-0.25, -0.2) is 4.68 Å². The van der Waals surface area contributed by atoms with E-state index in [4.69, 9.17) is 33.3 Å². The zero-order valence-electron chi connectivity index (χ0n) is 17.6. The minimum atomic E-state index is -0.0691. The summed E-state index contributed by atoms with van der Waals surface area (Å²) in [4.78, 5) is 17.0. The van der Waals surface area contributed by atoms with E-state index in [1.54, 1.807) is 0 Å². The van der Waals surface area contributed by atoms with Gasteiger partial charge in [0.25, 0.3) is 5.91 Å². The number of para-hydroxylation sites is 1. The molecule has 164 valence electrons. The first-order valence-corrected chi connectivity index (χ1v) is 11.2. The molecule has 0 N–H and O–H groups in total. The van der Waals surface area contributed by atoms with E-state index in [1.807, 2.05) is 75.8 Å². The Balaban J connectivity index is 1.25. The number of halogens is 1. The van der Waals surface area contributed by atoms with Gasteiger partial charge in [0.1, 0.15) is 5.58 Å². The summed E-state index contributed by atoms with van der Waals surface area (Å²) >= 11 is 11.6. The van der Waals surface area contributed by atoms with Gasteiger partial charge in [0.2, 0.25) is 0 Å². The number of nitrogens with zero attached hydrogens (tertiary/aromatic N) is 5. The Bertz CT molecular complexity index is 1300. The van der Waals surface area contributed by atoms with Crippen molar-refractivity contribution in [3.05, 3.63) is 70.2 Å². The number of fused-ring (bicyclic) bond motifs is 1. The average molecular weight is 468 g/mol. The first-order valence-electron chi connectivity index (χ1n) is 10.4. The lowest BCUT2D eigenvalue weighted by Crippen LogP contribution is -2.49. The van der Waals surface area contributed by atoms with Gasteiger partial charge < -0.3 is 13.9 Å². The maximum absolute atomic E-state index is 12.9. The zero-order chi connectivity index (χ0) is 22.2. The van der Waals surface area contributed by atoms with Crippen LogP contribution in [-0.4, -0.2) is 56.2 Å². The molecule has 0 saturated carbocycles. The Kier molecular flexibility index (Phi) is 5.58. The molecule has 9 heteroatoms. The second-order valence-electron chi connectivity index (χ2n) is 7.87. The summed E-state index contributed by atoms with van der Waals surface area (Å²) in [6.45, 7) is 3.30. The lowest BCUT2D eigenvalue weighted by atomic mass is 10.2. The van der Waals surface area contributed by atoms with Gasteiger partial charge in [-0.2, -0.15) is 5.10 Å². The second kappa shape index (κ2) is 8.54. The van der Waals surface area contributed by atoms with Gasteiger partial charge in [-0.3, -0.25) is 9.69 Å². The van der Waals surface area contributed by atoms with E-state index in [9.17, 15) is 4.79 Å². The second-order valence-corrected chi connectivity index (χ2v) is 8.67. The number of piperazine rings is 1. The summed E-state index contributed by atoms with van der Waals surface area (Å²) in [5.74, 6) is 1.12. The molecule has 7 nitrogen and oxygen atoms in total. The highest BCUT2D eigenvalue weighted by Crippen LogP contribution is 2.22. The van der Waals surface area contributed by atoms with Crippen molar-refractivity contribution in [1.82, 2.24) is 24.1 Å². The van der Waals surface area contributed by atoms with Crippen LogP contribution in [0.3, 0.4) is 0 Å². The van der Waals surface area contributed by atoms with Crippen LogP contribution in [0.4, 0.5) is 0 Å². The van der Waals surface area contributed by atoms with Crippen LogP contribution in [-0.2, 0) is 13.7 Å². The van der Waals surface area contributed by atoms with Crippen LogP contribution in [0.1, 0.15) is 10.6 Å². The first-order chi connectivity index (χ1) is 15.5. The average Bonchev–Trinajstić information content (AvgIpc) is 3.37. The van der Waals surface area contributed by atoms with E-state index >= 15 is 0 Å². The van der Waals surface area contributed by atoms with Gasteiger partial charge in [-0.15, -0.1) is 0 Å². The Labute approximate surface area is 195 Å². The standard InChI is InChI=1S/C23H22ClN5O2S/c1-26-21(16-6-8-18(24)9-7-16)25-29(23(26)32)15-27-10-12-28(13-11-27)22(30)20-14-17-4-2-3-5-19(17)31-20/h2-9,14H,10-13,15H2,1H3. The number of furan rings is 1. The predicted octanol–water partition coefficient (Wildman–Crippen LogP) is 4.43. The first kappa shape index (κ1) is 20.9. The minimum absolute atomic E-state index is 0.0691. The Morgan fingerprint density at radius 3 is 2.53 bits per heavy atom. The third kappa shape index (κ3) is 3.97. The Morgan fingerprint density at radius 2 is 1.81 bits per heavy atom. The van der Waals surface area contributed by atoms with Gasteiger partial charge in [-0.05, 0) is 48.6 Å².